The number of piperidine rings is 1. The lowest BCUT2D eigenvalue weighted by Crippen LogP contribution is -2.46. The van der Waals surface area contributed by atoms with Crippen molar-refractivity contribution in [2.45, 2.75) is 39.5 Å². The second-order valence-electron chi connectivity index (χ2n) is 5.13. The second kappa shape index (κ2) is 5.87. The van der Waals surface area contributed by atoms with E-state index in [9.17, 15) is 14.7 Å². The summed E-state index contributed by atoms with van der Waals surface area (Å²) in [6.07, 6.45) is 2.31. The van der Waals surface area contributed by atoms with Crippen LogP contribution in [0.5, 0.6) is 0 Å². The number of carbonyl (C=O) groups excluding carboxylic acids is 1. The minimum atomic E-state index is -0.749. The minimum Gasteiger partial charge on any atom is -0.481 e. The van der Waals surface area contributed by atoms with Crippen LogP contribution in [0.2, 0.25) is 0 Å². The summed E-state index contributed by atoms with van der Waals surface area (Å²) in [4.78, 5) is 26.1. The average Bonchev–Trinajstić information content (AvgIpc) is 2.94. The lowest BCUT2D eigenvalue weighted by Gasteiger charge is -2.38. The summed E-state index contributed by atoms with van der Waals surface area (Å²) < 4.78 is 3.83. The van der Waals surface area contributed by atoms with E-state index in [4.69, 9.17) is 0 Å². The molecule has 1 aliphatic heterocycles. The summed E-state index contributed by atoms with van der Waals surface area (Å²) in [7, 11) is 0. The van der Waals surface area contributed by atoms with Gasteiger partial charge in [0.05, 0.1) is 11.1 Å². The first-order chi connectivity index (χ1) is 9.54. The van der Waals surface area contributed by atoms with Crippen LogP contribution in [0.1, 0.15) is 48.5 Å². The van der Waals surface area contributed by atoms with Crippen LogP contribution >= 0.6 is 11.5 Å². The van der Waals surface area contributed by atoms with Crippen LogP contribution in [0.4, 0.5) is 0 Å². The molecule has 6 nitrogen and oxygen atoms in total. The Hall–Kier alpha value is -1.50. The normalized spacial score (nSPS) is 18.0. The van der Waals surface area contributed by atoms with Crippen molar-refractivity contribution in [2.75, 3.05) is 13.1 Å². The predicted molar refractivity (Wildman–Crippen MR) is 74.8 cm³/mol. The van der Waals surface area contributed by atoms with Crippen molar-refractivity contribution in [3.8, 4) is 0 Å². The Kier molecular flexibility index (Phi) is 4.37. The molecule has 0 radical (unpaired) electrons. The maximum absolute atomic E-state index is 12.4. The Bertz CT molecular complexity index is 507. The van der Waals surface area contributed by atoms with Crippen molar-refractivity contribution in [3.63, 3.8) is 0 Å². The van der Waals surface area contributed by atoms with Crippen molar-refractivity contribution < 1.29 is 14.7 Å². The summed E-state index contributed by atoms with van der Waals surface area (Å²) in [5.74, 6) is -0.812. The molecule has 1 fully saturated rings. The van der Waals surface area contributed by atoms with Gasteiger partial charge in [-0.25, -0.2) is 0 Å². The number of hydrogen-bond acceptors (Lipinski definition) is 5. The molecule has 0 unspecified atom stereocenters. The Morgan fingerprint density at radius 3 is 2.50 bits per heavy atom. The van der Waals surface area contributed by atoms with Gasteiger partial charge < -0.3 is 10.0 Å². The molecular formula is C13H19N3O3S. The molecule has 0 saturated carbocycles. The zero-order valence-electron chi connectivity index (χ0n) is 11.8. The third-order valence-corrected chi connectivity index (χ3v) is 4.98. The maximum Gasteiger partial charge on any atom is 0.309 e. The van der Waals surface area contributed by atoms with Crippen LogP contribution < -0.4 is 0 Å². The molecular weight excluding hydrogens is 278 g/mol. The number of aryl methyl sites for hydroxylation is 1. The van der Waals surface area contributed by atoms with Gasteiger partial charge in [0.1, 0.15) is 4.88 Å². The Morgan fingerprint density at radius 2 is 2.00 bits per heavy atom. The molecule has 1 saturated heterocycles. The number of aliphatic carboxylic acids is 1. The fourth-order valence-electron chi connectivity index (χ4n) is 2.60. The average molecular weight is 297 g/mol. The highest BCUT2D eigenvalue weighted by molar-refractivity contribution is 7.08. The van der Waals surface area contributed by atoms with Crippen molar-refractivity contribution in [2.24, 2.45) is 5.41 Å². The van der Waals surface area contributed by atoms with E-state index in [1.54, 1.807) is 4.90 Å². The van der Waals surface area contributed by atoms with Crippen LogP contribution in [-0.4, -0.2) is 44.6 Å². The van der Waals surface area contributed by atoms with Crippen molar-refractivity contribution in [3.05, 3.63) is 10.6 Å². The first-order valence-corrected chi connectivity index (χ1v) is 7.65. The summed E-state index contributed by atoms with van der Waals surface area (Å²) in [6, 6.07) is 0. The number of amides is 1. The van der Waals surface area contributed by atoms with Gasteiger partial charge in [0.2, 0.25) is 0 Å². The van der Waals surface area contributed by atoms with Crippen molar-refractivity contribution in [1.29, 1.82) is 0 Å². The minimum absolute atomic E-state index is 0.0630. The molecule has 20 heavy (non-hydrogen) atoms. The predicted octanol–water partition coefficient (Wildman–Crippen LogP) is 1.82. The van der Waals surface area contributed by atoms with Crippen LogP contribution in [0.15, 0.2) is 0 Å². The molecule has 110 valence electrons. The summed E-state index contributed by atoms with van der Waals surface area (Å²) >= 11 is 1.12. The van der Waals surface area contributed by atoms with Crippen LogP contribution in [0.3, 0.4) is 0 Å². The zero-order valence-corrected chi connectivity index (χ0v) is 12.6. The van der Waals surface area contributed by atoms with E-state index in [0.29, 0.717) is 43.6 Å². The van der Waals surface area contributed by atoms with Gasteiger partial charge >= 0.3 is 5.97 Å². The molecule has 2 heterocycles. The van der Waals surface area contributed by atoms with E-state index < -0.39 is 11.4 Å². The molecule has 0 aliphatic carbocycles. The highest BCUT2D eigenvalue weighted by Crippen LogP contribution is 2.35. The molecule has 2 rings (SSSR count). The summed E-state index contributed by atoms with van der Waals surface area (Å²) in [5.41, 5.74) is 0.0571. The number of nitrogens with zero attached hydrogens (tertiary/aromatic N) is 3. The van der Waals surface area contributed by atoms with E-state index in [0.717, 1.165) is 17.2 Å². The highest BCUT2D eigenvalue weighted by atomic mass is 32.1. The SMILES string of the molecule is CCc1nnsc1C(=O)N1CCC(CC)(C(=O)O)CC1. The van der Waals surface area contributed by atoms with E-state index in [1.165, 1.54) is 0 Å². The Labute approximate surface area is 122 Å². The van der Waals surface area contributed by atoms with Crippen LogP contribution in [0, 0.1) is 5.41 Å². The molecule has 1 N–H and O–H groups in total. The van der Waals surface area contributed by atoms with Gasteiger partial charge in [0.15, 0.2) is 0 Å². The molecule has 0 atom stereocenters. The molecule has 0 bridgehead atoms. The molecule has 7 heteroatoms. The third-order valence-electron chi connectivity index (χ3n) is 4.22. The first-order valence-electron chi connectivity index (χ1n) is 6.88. The topological polar surface area (TPSA) is 83.4 Å². The number of aromatic nitrogens is 2. The molecule has 1 aromatic heterocycles. The number of rotatable bonds is 4. The van der Waals surface area contributed by atoms with Gasteiger partial charge in [-0.3, -0.25) is 9.59 Å². The Balaban J connectivity index is 2.07. The van der Waals surface area contributed by atoms with Gasteiger partial charge in [0, 0.05) is 13.1 Å². The van der Waals surface area contributed by atoms with E-state index in [2.05, 4.69) is 9.59 Å². The smallest absolute Gasteiger partial charge is 0.309 e. The fraction of sp³-hybridized carbons (Fsp3) is 0.692. The van der Waals surface area contributed by atoms with E-state index in [1.807, 2.05) is 13.8 Å². The molecule has 1 aliphatic rings. The van der Waals surface area contributed by atoms with E-state index in [-0.39, 0.29) is 5.91 Å². The maximum atomic E-state index is 12.4. The lowest BCUT2D eigenvalue weighted by molar-refractivity contribution is -0.152. The number of carboxylic acid groups (broad SMARTS) is 1. The van der Waals surface area contributed by atoms with Crippen molar-refractivity contribution in [1.82, 2.24) is 14.5 Å². The standard InChI is InChI=1S/C13H19N3O3S/c1-3-9-10(20-15-14-9)11(17)16-7-5-13(4-2,6-8-16)12(18)19/h3-8H2,1-2H3,(H,18,19). The fourth-order valence-corrected chi connectivity index (χ4v) is 3.32. The zero-order chi connectivity index (χ0) is 14.8. The van der Waals surface area contributed by atoms with Gasteiger partial charge in [-0.1, -0.05) is 18.3 Å². The van der Waals surface area contributed by atoms with Crippen LogP contribution in [-0.2, 0) is 11.2 Å². The quantitative estimate of drug-likeness (QED) is 0.916. The molecule has 1 amide bonds. The monoisotopic (exact) mass is 297 g/mol. The van der Waals surface area contributed by atoms with Gasteiger partial charge in [-0.2, -0.15) is 0 Å². The number of likely N-dealkylation sites (tertiary alicyclic amines) is 1. The third kappa shape index (κ3) is 2.54. The molecule has 0 aromatic carbocycles. The van der Waals surface area contributed by atoms with Crippen LogP contribution in [0.25, 0.3) is 0 Å². The Morgan fingerprint density at radius 1 is 1.35 bits per heavy atom. The number of carboxylic acids is 1. The largest absolute Gasteiger partial charge is 0.481 e. The van der Waals surface area contributed by atoms with Crippen molar-refractivity contribution >= 4 is 23.4 Å². The lowest BCUT2D eigenvalue weighted by atomic mass is 9.76. The van der Waals surface area contributed by atoms with Gasteiger partial charge in [0.25, 0.3) is 5.91 Å². The summed E-state index contributed by atoms with van der Waals surface area (Å²) in [6.45, 7) is 4.81. The number of hydrogen-bond donors (Lipinski definition) is 1. The first kappa shape index (κ1) is 14.9. The number of carbonyl (C=O) groups is 2. The second-order valence-corrected chi connectivity index (χ2v) is 5.89. The molecule has 1 aromatic rings. The van der Waals surface area contributed by atoms with Gasteiger partial charge in [-0.15, -0.1) is 5.10 Å². The molecule has 0 spiro atoms. The summed E-state index contributed by atoms with van der Waals surface area (Å²) in [5, 5.41) is 13.3. The highest BCUT2D eigenvalue weighted by Gasteiger charge is 2.41. The van der Waals surface area contributed by atoms with E-state index >= 15 is 0 Å². The van der Waals surface area contributed by atoms with Gasteiger partial charge in [-0.05, 0) is 37.2 Å².